The lowest BCUT2D eigenvalue weighted by Crippen LogP contribution is -2.16. The Morgan fingerprint density at radius 1 is 1.25 bits per heavy atom. The number of nitrogens with zero attached hydrogens (tertiary/aromatic N) is 3. The molecule has 0 spiro atoms. The Morgan fingerprint density at radius 2 is 2.06 bits per heavy atom. The molecule has 0 amide bonds. The molecule has 2 heterocycles. The lowest BCUT2D eigenvalue weighted by atomic mass is 10.2. The van der Waals surface area contributed by atoms with Crippen LogP contribution >= 0.6 is 0 Å². The van der Waals surface area contributed by atoms with Gasteiger partial charge < -0.3 is 9.73 Å². The van der Waals surface area contributed by atoms with Crippen molar-refractivity contribution in [2.75, 3.05) is 6.54 Å². The highest BCUT2D eigenvalue weighted by Crippen LogP contribution is 1.98. The number of aromatic nitrogens is 3. The van der Waals surface area contributed by atoms with Crippen LogP contribution in [0.4, 0.5) is 0 Å². The van der Waals surface area contributed by atoms with E-state index in [1.807, 2.05) is 12.1 Å². The van der Waals surface area contributed by atoms with E-state index in [4.69, 9.17) is 4.42 Å². The van der Waals surface area contributed by atoms with Crippen molar-refractivity contribution in [1.82, 2.24) is 20.5 Å². The summed E-state index contributed by atoms with van der Waals surface area (Å²) in [6, 6.07) is 4.02. The number of hydrogen-bond donors (Lipinski definition) is 1. The predicted octanol–water partition coefficient (Wildman–Crippen LogP) is 1.11. The van der Waals surface area contributed by atoms with Crippen LogP contribution in [0.3, 0.4) is 0 Å². The van der Waals surface area contributed by atoms with Gasteiger partial charge in [-0.25, -0.2) is 0 Å². The highest BCUT2D eigenvalue weighted by Gasteiger charge is 2.00. The van der Waals surface area contributed by atoms with Gasteiger partial charge >= 0.3 is 0 Å². The van der Waals surface area contributed by atoms with Gasteiger partial charge in [0.05, 0.1) is 6.54 Å². The molecule has 0 bridgehead atoms. The third-order valence-corrected chi connectivity index (χ3v) is 2.18. The van der Waals surface area contributed by atoms with Crippen molar-refractivity contribution >= 4 is 0 Å². The Hall–Kier alpha value is -1.75. The van der Waals surface area contributed by atoms with Gasteiger partial charge in [-0.2, -0.15) is 0 Å². The van der Waals surface area contributed by atoms with Gasteiger partial charge in [0.1, 0.15) is 0 Å². The van der Waals surface area contributed by atoms with Gasteiger partial charge in [0, 0.05) is 19.3 Å². The first-order valence-electron chi connectivity index (χ1n) is 5.23. The van der Waals surface area contributed by atoms with E-state index in [0.717, 1.165) is 13.0 Å². The van der Waals surface area contributed by atoms with Crippen molar-refractivity contribution in [3.8, 4) is 0 Å². The van der Waals surface area contributed by atoms with Crippen LogP contribution in [-0.4, -0.2) is 21.7 Å². The van der Waals surface area contributed by atoms with Gasteiger partial charge in [-0.05, 0) is 30.7 Å². The summed E-state index contributed by atoms with van der Waals surface area (Å²) in [5.41, 5.74) is 1.27. The number of rotatable bonds is 5. The zero-order valence-electron chi connectivity index (χ0n) is 9.18. The van der Waals surface area contributed by atoms with Crippen LogP contribution in [-0.2, 0) is 13.0 Å². The van der Waals surface area contributed by atoms with Gasteiger partial charge in [0.25, 0.3) is 0 Å². The third-order valence-electron chi connectivity index (χ3n) is 2.18. The molecule has 2 aromatic rings. The molecule has 0 fully saturated rings. The number of hydrogen-bond acceptors (Lipinski definition) is 5. The SMILES string of the molecule is Cc1nnc(CNCCc2ccncc2)o1. The Morgan fingerprint density at radius 3 is 2.75 bits per heavy atom. The molecule has 0 atom stereocenters. The first-order chi connectivity index (χ1) is 7.84. The van der Waals surface area contributed by atoms with Crippen LogP contribution in [0.15, 0.2) is 28.9 Å². The van der Waals surface area contributed by atoms with Gasteiger partial charge in [-0.1, -0.05) is 0 Å². The number of aryl methyl sites for hydroxylation is 1. The van der Waals surface area contributed by atoms with Crippen molar-refractivity contribution in [1.29, 1.82) is 0 Å². The molecular weight excluding hydrogens is 204 g/mol. The first-order valence-corrected chi connectivity index (χ1v) is 5.23. The average Bonchev–Trinajstić information content (AvgIpc) is 2.72. The molecule has 5 heteroatoms. The molecule has 0 saturated heterocycles. The van der Waals surface area contributed by atoms with Crippen LogP contribution in [0.1, 0.15) is 17.3 Å². The standard InChI is InChI=1S/C11H14N4O/c1-9-14-15-11(16-9)8-13-7-4-10-2-5-12-6-3-10/h2-3,5-6,13H,4,7-8H2,1H3. The minimum atomic E-state index is 0.603. The predicted molar refractivity (Wildman–Crippen MR) is 58.7 cm³/mol. The fourth-order valence-corrected chi connectivity index (χ4v) is 1.39. The summed E-state index contributed by atoms with van der Waals surface area (Å²) in [5, 5.41) is 10.9. The molecule has 1 N–H and O–H groups in total. The normalized spacial score (nSPS) is 10.6. The van der Waals surface area contributed by atoms with Crippen molar-refractivity contribution in [3.63, 3.8) is 0 Å². The topological polar surface area (TPSA) is 63.8 Å². The second-order valence-electron chi connectivity index (χ2n) is 3.50. The Bertz CT molecular complexity index is 427. The molecule has 0 aliphatic rings. The van der Waals surface area contributed by atoms with Crippen LogP contribution in [0.5, 0.6) is 0 Å². The highest BCUT2D eigenvalue weighted by molar-refractivity contribution is 5.09. The molecule has 2 aromatic heterocycles. The molecule has 0 unspecified atom stereocenters. The minimum absolute atomic E-state index is 0.603. The Labute approximate surface area is 93.9 Å². The molecule has 84 valence electrons. The summed E-state index contributed by atoms with van der Waals surface area (Å²) >= 11 is 0. The third kappa shape index (κ3) is 3.13. The lowest BCUT2D eigenvalue weighted by Gasteiger charge is -2.01. The molecule has 2 rings (SSSR count). The maximum absolute atomic E-state index is 5.24. The zero-order valence-corrected chi connectivity index (χ0v) is 9.18. The fourth-order valence-electron chi connectivity index (χ4n) is 1.39. The number of nitrogens with one attached hydrogen (secondary N) is 1. The summed E-state index contributed by atoms with van der Waals surface area (Å²) in [4.78, 5) is 3.97. The van der Waals surface area contributed by atoms with E-state index in [0.29, 0.717) is 18.3 Å². The van der Waals surface area contributed by atoms with E-state index in [-0.39, 0.29) is 0 Å². The van der Waals surface area contributed by atoms with E-state index in [1.165, 1.54) is 5.56 Å². The Kier molecular flexibility index (Phi) is 3.61. The van der Waals surface area contributed by atoms with Crippen molar-refractivity contribution in [2.45, 2.75) is 19.9 Å². The second-order valence-corrected chi connectivity index (χ2v) is 3.50. The van der Waals surface area contributed by atoms with E-state index in [1.54, 1.807) is 19.3 Å². The van der Waals surface area contributed by atoms with Crippen molar-refractivity contribution in [2.24, 2.45) is 0 Å². The Balaban J connectivity index is 1.69. The molecule has 0 aliphatic heterocycles. The molecular formula is C11H14N4O. The maximum atomic E-state index is 5.24. The molecule has 16 heavy (non-hydrogen) atoms. The van der Waals surface area contributed by atoms with Crippen LogP contribution in [0.25, 0.3) is 0 Å². The quantitative estimate of drug-likeness (QED) is 0.761. The van der Waals surface area contributed by atoms with Crippen LogP contribution in [0.2, 0.25) is 0 Å². The maximum Gasteiger partial charge on any atom is 0.230 e. The van der Waals surface area contributed by atoms with E-state index < -0.39 is 0 Å². The lowest BCUT2D eigenvalue weighted by molar-refractivity contribution is 0.448. The van der Waals surface area contributed by atoms with Crippen molar-refractivity contribution < 1.29 is 4.42 Å². The molecule has 0 radical (unpaired) electrons. The van der Waals surface area contributed by atoms with E-state index in [2.05, 4.69) is 20.5 Å². The first kappa shape index (κ1) is 10.8. The summed E-state index contributed by atoms with van der Waals surface area (Å²) in [6.45, 7) is 3.28. The van der Waals surface area contributed by atoms with Crippen molar-refractivity contribution in [3.05, 3.63) is 41.9 Å². The molecule has 0 saturated carbocycles. The highest BCUT2D eigenvalue weighted by atomic mass is 16.4. The summed E-state index contributed by atoms with van der Waals surface area (Å²) in [5.74, 6) is 1.23. The van der Waals surface area contributed by atoms with Gasteiger partial charge in [0.2, 0.25) is 11.8 Å². The largest absolute Gasteiger partial charge is 0.424 e. The van der Waals surface area contributed by atoms with Gasteiger partial charge in [-0.15, -0.1) is 10.2 Å². The summed E-state index contributed by atoms with van der Waals surface area (Å²) in [6.07, 6.45) is 4.57. The van der Waals surface area contributed by atoms with Gasteiger partial charge in [0.15, 0.2) is 0 Å². The number of pyridine rings is 1. The average molecular weight is 218 g/mol. The molecule has 0 aliphatic carbocycles. The molecule has 0 aromatic carbocycles. The van der Waals surface area contributed by atoms with E-state index >= 15 is 0 Å². The van der Waals surface area contributed by atoms with E-state index in [9.17, 15) is 0 Å². The minimum Gasteiger partial charge on any atom is -0.424 e. The van der Waals surface area contributed by atoms with Gasteiger partial charge in [-0.3, -0.25) is 4.98 Å². The zero-order chi connectivity index (χ0) is 11.2. The van der Waals surface area contributed by atoms with Crippen LogP contribution < -0.4 is 5.32 Å². The summed E-state index contributed by atoms with van der Waals surface area (Å²) in [7, 11) is 0. The van der Waals surface area contributed by atoms with Crippen LogP contribution in [0, 0.1) is 6.92 Å². The second kappa shape index (κ2) is 5.37. The summed E-state index contributed by atoms with van der Waals surface area (Å²) < 4.78 is 5.24. The fraction of sp³-hybridized carbons (Fsp3) is 0.364. The molecule has 5 nitrogen and oxygen atoms in total. The smallest absolute Gasteiger partial charge is 0.230 e. The monoisotopic (exact) mass is 218 g/mol.